The number of nitrogens with zero attached hydrogens (tertiary/aromatic N) is 1. The number of rotatable bonds is 11. The third kappa shape index (κ3) is 6.90. The first-order chi connectivity index (χ1) is 17.6. The molecule has 0 radical (unpaired) electrons. The van der Waals surface area contributed by atoms with Gasteiger partial charge in [0.1, 0.15) is 11.6 Å². The maximum absolute atomic E-state index is 13.1. The Morgan fingerprint density at radius 2 is 1.84 bits per heavy atom. The molecule has 13 heteroatoms. The number of benzene rings is 2. The minimum Gasteiger partial charge on any atom is -0.389 e. The van der Waals surface area contributed by atoms with Gasteiger partial charge in [-0.05, 0) is 37.1 Å². The van der Waals surface area contributed by atoms with Gasteiger partial charge in [0, 0.05) is 15.5 Å². The molecule has 0 bridgehead atoms. The number of aromatic nitrogens is 1. The van der Waals surface area contributed by atoms with Crippen molar-refractivity contribution < 1.29 is 27.7 Å². The fourth-order valence-corrected chi connectivity index (χ4v) is 5.97. The van der Waals surface area contributed by atoms with Gasteiger partial charge in [0.05, 0.1) is 34.5 Å². The summed E-state index contributed by atoms with van der Waals surface area (Å²) in [5.41, 5.74) is 2.27. The highest BCUT2D eigenvalue weighted by Gasteiger charge is 2.24. The van der Waals surface area contributed by atoms with Crippen molar-refractivity contribution in [3.05, 3.63) is 75.7 Å². The molecule has 0 spiro atoms. The van der Waals surface area contributed by atoms with Crippen LogP contribution < -0.4 is 15.4 Å². The van der Waals surface area contributed by atoms with E-state index >= 15 is 0 Å². The van der Waals surface area contributed by atoms with Gasteiger partial charge in [0.15, 0.2) is 5.78 Å². The standard InChI is InChI=1S/C24H24N4O6S3/c1-14-26-20(13-35-14)19(10-15-6-8-16(9-7-15)28-37(32,33)34)27-24-22(23(31)25-11-17(30)12-29)18-4-2-3-5-21(18)36-24/h2-9,13,19,27-29H,10-12H2,1H3,(H,25,31)(H,32,33,34)/t19-/m0/s1. The molecule has 0 aliphatic heterocycles. The zero-order chi connectivity index (χ0) is 26.6. The third-order valence-electron chi connectivity index (χ3n) is 5.38. The lowest BCUT2D eigenvalue weighted by molar-refractivity contribution is -0.120. The van der Waals surface area contributed by atoms with Crippen LogP contribution in [0.2, 0.25) is 0 Å². The molecule has 4 rings (SSSR count). The number of fused-ring (bicyclic) bond motifs is 1. The van der Waals surface area contributed by atoms with E-state index in [-0.39, 0.29) is 18.3 Å². The molecule has 5 N–H and O–H groups in total. The van der Waals surface area contributed by atoms with Crippen LogP contribution in [0.25, 0.3) is 10.1 Å². The fourth-order valence-electron chi connectivity index (χ4n) is 3.72. The number of thiophene rings is 1. The second-order valence-electron chi connectivity index (χ2n) is 8.15. The van der Waals surface area contributed by atoms with Gasteiger partial charge in [-0.1, -0.05) is 30.3 Å². The molecular formula is C24H24N4O6S3. The Labute approximate surface area is 221 Å². The lowest BCUT2D eigenvalue weighted by Crippen LogP contribution is -2.31. The summed E-state index contributed by atoms with van der Waals surface area (Å²) in [7, 11) is -4.37. The summed E-state index contributed by atoms with van der Waals surface area (Å²) >= 11 is 2.91. The van der Waals surface area contributed by atoms with Crippen molar-refractivity contribution in [3.8, 4) is 0 Å². The van der Waals surface area contributed by atoms with Crippen LogP contribution in [0.3, 0.4) is 0 Å². The van der Waals surface area contributed by atoms with Crippen LogP contribution in [0, 0.1) is 6.92 Å². The van der Waals surface area contributed by atoms with Crippen LogP contribution in [-0.2, 0) is 21.5 Å². The average molecular weight is 561 g/mol. The lowest BCUT2D eigenvalue weighted by Gasteiger charge is -2.19. The molecule has 37 heavy (non-hydrogen) atoms. The van der Waals surface area contributed by atoms with Crippen molar-refractivity contribution in [1.29, 1.82) is 0 Å². The number of carbonyl (C=O) groups is 2. The minimum absolute atomic E-state index is 0.223. The van der Waals surface area contributed by atoms with Gasteiger partial charge in [-0.25, -0.2) is 4.98 Å². The van der Waals surface area contributed by atoms with Crippen molar-refractivity contribution in [2.24, 2.45) is 0 Å². The summed E-state index contributed by atoms with van der Waals surface area (Å²) in [6.07, 6.45) is 0.466. The maximum Gasteiger partial charge on any atom is 0.357 e. The molecule has 0 fully saturated rings. The van der Waals surface area contributed by atoms with Crippen LogP contribution in [-0.4, -0.2) is 47.9 Å². The zero-order valence-corrected chi connectivity index (χ0v) is 22.0. The van der Waals surface area contributed by atoms with Gasteiger partial charge in [-0.3, -0.25) is 18.9 Å². The monoisotopic (exact) mass is 560 g/mol. The van der Waals surface area contributed by atoms with E-state index in [9.17, 15) is 18.0 Å². The molecule has 0 aliphatic rings. The number of nitrogens with one attached hydrogen (secondary N) is 3. The number of aryl methyl sites for hydroxylation is 1. The second kappa shape index (κ2) is 11.4. The topological polar surface area (TPSA) is 158 Å². The van der Waals surface area contributed by atoms with Crippen molar-refractivity contribution in [3.63, 3.8) is 0 Å². The van der Waals surface area contributed by atoms with Crippen molar-refractivity contribution in [2.45, 2.75) is 19.4 Å². The zero-order valence-electron chi connectivity index (χ0n) is 19.6. The molecule has 2 aromatic carbocycles. The summed E-state index contributed by atoms with van der Waals surface area (Å²) in [6.45, 7) is 0.967. The molecule has 4 aromatic rings. The third-order valence-corrected chi connectivity index (χ3v) is 7.77. The molecule has 10 nitrogen and oxygen atoms in total. The van der Waals surface area contributed by atoms with E-state index in [1.165, 1.54) is 22.7 Å². The van der Waals surface area contributed by atoms with Gasteiger partial charge in [0.2, 0.25) is 0 Å². The average Bonchev–Trinajstić information content (AvgIpc) is 3.45. The second-order valence-corrected chi connectivity index (χ2v) is 11.4. The highest BCUT2D eigenvalue weighted by molar-refractivity contribution is 7.87. The van der Waals surface area contributed by atoms with Gasteiger partial charge in [0.25, 0.3) is 5.91 Å². The highest BCUT2D eigenvalue weighted by Crippen LogP contribution is 2.38. The molecule has 0 unspecified atom stereocenters. The molecule has 0 aliphatic carbocycles. The van der Waals surface area contributed by atoms with E-state index in [0.29, 0.717) is 17.0 Å². The lowest BCUT2D eigenvalue weighted by atomic mass is 10.0. The largest absolute Gasteiger partial charge is 0.389 e. The normalized spacial score (nSPS) is 12.3. The molecule has 0 saturated carbocycles. The number of aliphatic hydroxyl groups excluding tert-OH is 1. The maximum atomic E-state index is 13.1. The summed E-state index contributed by atoms with van der Waals surface area (Å²) in [4.78, 5) is 29.3. The number of ketones is 1. The van der Waals surface area contributed by atoms with Gasteiger partial charge in [-0.15, -0.1) is 22.7 Å². The number of Topliss-reactive ketones (excluding diaryl/α,β-unsaturated/α-hetero) is 1. The van der Waals surface area contributed by atoms with E-state index in [0.717, 1.165) is 26.4 Å². The molecular weight excluding hydrogens is 536 g/mol. The van der Waals surface area contributed by atoms with E-state index in [1.807, 2.05) is 41.3 Å². The first kappa shape index (κ1) is 26.7. The quantitative estimate of drug-likeness (QED) is 0.174. The SMILES string of the molecule is Cc1nc([C@H](Cc2ccc(NS(=O)(=O)O)cc2)Nc2sc3ccccc3c2C(=O)NCC(=O)CO)cs1. The van der Waals surface area contributed by atoms with Gasteiger partial charge < -0.3 is 15.7 Å². The van der Waals surface area contributed by atoms with Crippen molar-refractivity contribution in [2.75, 3.05) is 23.2 Å². The van der Waals surface area contributed by atoms with Crippen LogP contribution in [0.5, 0.6) is 0 Å². The van der Waals surface area contributed by atoms with Crippen molar-refractivity contribution >= 4 is 65.4 Å². The summed E-state index contributed by atoms with van der Waals surface area (Å²) in [6, 6.07) is 13.7. The van der Waals surface area contributed by atoms with Crippen LogP contribution in [0.4, 0.5) is 10.7 Å². The number of hydrogen-bond acceptors (Lipinski definition) is 9. The van der Waals surface area contributed by atoms with E-state index in [2.05, 4.69) is 15.6 Å². The van der Waals surface area contributed by atoms with Crippen LogP contribution in [0.1, 0.15) is 32.7 Å². The Balaban J connectivity index is 1.66. The Kier molecular flexibility index (Phi) is 8.19. The first-order valence-electron chi connectivity index (χ1n) is 11.1. The summed E-state index contributed by atoms with van der Waals surface area (Å²) in [5, 5.41) is 19.2. The van der Waals surface area contributed by atoms with Gasteiger partial charge >= 0.3 is 10.3 Å². The number of anilines is 2. The molecule has 1 amide bonds. The molecule has 0 saturated heterocycles. The molecule has 2 aromatic heterocycles. The van der Waals surface area contributed by atoms with Gasteiger partial charge in [-0.2, -0.15) is 8.42 Å². The summed E-state index contributed by atoms with van der Waals surface area (Å²) < 4.78 is 34.1. The Bertz CT molecular complexity index is 1530. The molecule has 194 valence electrons. The predicted octanol–water partition coefficient (Wildman–Crippen LogP) is 3.57. The van der Waals surface area contributed by atoms with Crippen LogP contribution >= 0.6 is 22.7 Å². The van der Waals surface area contributed by atoms with E-state index in [4.69, 9.17) is 9.66 Å². The Morgan fingerprint density at radius 1 is 1.11 bits per heavy atom. The first-order valence-corrected chi connectivity index (χ1v) is 14.2. The Hall–Kier alpha value is -3.36. The molecule has 2 heterocycles. The molecule has 1 atom stereocenters. The predicted molar refractivity (Wildman–Crippen MR) is 145 cm³/mol. The fraction of sp³-hybridized carbons (Fsp3) is 0.208. The minimum atomic E-state index is -4.37. The highest BCUT2D eigenvalue weighted by atomic mass is 32.2. The smallest absolute Gasteiger partial charge is 0.357 e. The summed E-state index contributed by atoms with van der Waals surface area (Å²) in [5.74, 6) is -0.930. The van der Waals surface area contributed by atoms with Crippen LogP contribution in [0.15, 0.2) is 53.9 Å². The van der Waals surface area contributed by atoms with Crippen molar-refractivity contribution in [1.82, 2.24) is 10.3 Å². The number of thiazole rings is 1. The number of hydrogen-bond donors (Lipinski definition) is 5. The number of amides is 1. The van der Waals surface area contributed by atoms with E-state index < -0.39 is 28.6 Å². The van der Waals surface area contributed by atoms with E-state index in [1.54, 1.807) is 24.3 Å². The number of carbonyl (C=O) groups excluding carboxylic acids is 2. The Morgan fingerprint density at radius 3 is 2.49 bits per heavy atom. The number of aliphatic hydroxyl groups is 1.